The summed E-state index contributed by atoms with van der Waals surface area (Å²) in [5, 5.41) is 0.537. The van der Waals surface area contributed by atoms with Gasteiger partial charge >= 0.3 is 6.18 Å². The molecule has 94 valence electrons. The molecule has 0 radical (unpaired) electrons. The maximum Gasteiger partial charge on any atom is 0.416 e. The predicted octanol–water partition coefficient (Wildman–Crippen LogP) is 5.33. The molecular formula is C14H10ClF3. The predicted molar refractivity (Wildman–Crippen MR) is 66.6 cm³/mol. The van der Waals surface area contributed by atoms with E-state index in [4.69, 9.17) is 11.6 Å². The fourth-order valence-electron chi connectivity index (χ4n) is 1.69. The van der Waals surface area contributed by atoms with Crippen LogP contribution in [0.25, 0.3) is 11.1 Å². The lowest BCUT2D eigenvalue weighted by Crippen LogP contribution is -2.03. The number of hydrogen-bond acceptors (Lipinski definition) is 0. The molecule has 0 aliphatic carbocycles. The van der Waals surface area contributed by atoms with Crippen molar-refractivity contribution in [3.63, 3.8) is 0 Å². The monoisotopic (exact) mass is 270 g/mol. The van der Waals surface area contributed by atoms with Crippen molar-refractivity contribution in [2.45, 2.75) is 13.1 Å². The Morgan fingerprint density at radius 3 is 2.06 bits per heavy atom. The van der Waals surface area contributed by atoms with Gasteiger partial charge in [0.15, 0.2) is 0 Å². The molecule has 18 heavy (non-hydrogen) atoms. The van der Waals surface area contributed by atoms with Crippen LogP contribution in [0.4, 0.5) is 13.2 Å². The highest BCUT2D eigenvalue weighted by Gasteiger charge is 2.29. The minimum absolute atomic E-state index is 0.537. The van der Waals surface area contributed by atoms with E-state index in [1.54, 1.807) is 12.1 Å². The third kappa shape index (κ3) is 2.67. The van der Waals surface area contributed by atoms with Gasteiger partial charge in [-0.3, -0.25) is 0 Å². The fourth-order valence-corrected chi connectivity index (χ4v) is 2.04. The van der Waals surface area contributed by atoms with Crippen molar-refractivity contribution >= 4 is 11.6 Å². The average Bonchev–Trinajstić information content (AvgIpc) is 2.28. The first kappa shape index (κ1) is 13.0. The van der Waals surface area contributed by atoms with Gasteiger partial charge in [-0.1, -0.05) is 35.9 Å². The van der Waals surface area contributed by atoms with Gasteiger partial charge in [0.2, 0.25) is 0 Å². The average molecular weight is 271 g/mol. The van der Waals surface area contributed by atoms with Crippen LogP contribution < -0.4 is 0 Å². The number of rotatable bonds is 1. The van der Waals surface area contributed by atoms with Crippen molar-refractivity contribution < 1.29 is 13.2 Å². The van der Waals surface area contributed by atoms with E-state index in [9.17, 15) is 13.2 Å². The molecule has 4 heteroatoms. The Morgan fingerprint density at radius 1 is 0.944 bits per heavy atom. The first-order chi connectivity index (χ1) is 8.38. The minimum atomic E-state index is -4.31. The zero-order valence-electron chi connectivity index (χ0n) is 9.55. The molecule has 2 rings (SSSR count). The van der Waals surface area contributed by atoms with Crippen LogP contribution in [-0.4, -0.2) is 0 Å². The lowest BCUT2D eigenvalue weighted by atomic mass is 10.0. The molecule has 0 aromatic heterocycles. The van der Waals surface area contributed by atoms with Gasteiger partial charge in [-0.15, -0.1) is 0 Å². The van der Waals surface area contributed by atoms with E-state index in [0.717, 1.165) is 23.3 Å². The van der Waals surface area contributed by atoms with Crippen molar-refractivity contribution in [1.29, 1.82) is 0 Å². The minimum Gasteiger partial charge on any atom is -0.166 e. The zero-order valence-corrected chi connectivity index (χ0v) is 10.3. The molecule has 0 saturated heterocycles. The largest absolute Gasteiger partial charge is 0.416 e. The normalized spacial score (nSPS) is 11.6. The summed E-state index contributed by atoms with van der Waals surface area (Å²) < 4.78 is 37.3. The SMILES string of the molecule is Cc1ccc(-c2ccc(C(F)(F)F)cc2)c(Cl)c1. The standard InChI is InChI=1S/C14H10ClF3/c1-9-2-7-12(13(15)8-9)10-3-5-11(6-4-10)14(16,17)18/h2-8H,1H3. The Hall–Kier alpha value is -1.48. The molecule has 0 nitrogen and oxygen atoms in total. The zero-order chi connectivity index (χ0) is 13.3. The van der Waals surface area contributed by atoms with Crippen molar-refractivity contribution in [3.8, 4) is 11.1 Å². The molecule has 0 atom stereocenters. The Morgan fingerprint density at radius 2 is 1.56 bits per heavy atom. The Bertz CT molecular complexity index is 556. The number of benzene rings is 2. The van der Waals surface area contributed by atoms with Gasteiger partial charge in [-0.25, -0.2) is 0 Å². The van der Waals surface area contributed by atoms with E-state index >= 15 is 0 Å². The van der Waals surface area contributed by atoms with Gasteiger partial charge in [-0.2, -0.15) is 13.2 Å². The molecule has 2 aromatic carbocycles. The molecular weight excluding hydrogens is 261 g/mol. The van der Waals surface area contributed by atoms with E-state index in [2.05, 4.69) is 0 Å². The molecule has 0 fully saturated rings. The number of hydrogen-bond donors (Lipinski definition) is 0. The first-order valence-corrected chi connectivity index (χ1v) is 5.69. The molecule has 0 unspecified atom stereocenters. The Balaban J connectivity index is 2.41. The second kappa shape index (κ2) is 4.65. The summed E-state index contributed by atoms with van der Waals surface area (Å²) in [4.78, 5) is 0. The smallest absolute Gasteiger partial charge is 0.166 e. The summed E-state index contributed by atoms with van der Waals surface area (Å²) in [6.07, 6.45) is -4.31. The quantitative estimate of drug-likeness (QED) is 0.657. The van der Waals surface area contributed by atoms with Crippen LogP contribution >= 0.6 is 11.6 Å². The third-order valence-electron chi connectivity index (χ3n) is 2.65. The molecule has 0 aliphatic heterocycles. The molecule has 0 spiro atoms. The number of alkyl halides is 3. The van der Waals surface area contributed by atoms with Crippen LogP contribution in [0, 0.1) is 6.92 Å². The summed E-state index contributed by atoms with van der Waals surface area (Å²) in [6, 6.07) is 10.4. The van der Waals surface area contributed by atoms with Gasteiger partial charge in [0.05, 0.1) is 5.56 Å². The van der Waals surface area contributed by atoms with E-state index in [-0.39, 0.29) is 0 Å². The number of halogens is 4. The van der Waals surface area contributed by atoms with E-state index in [1.165, 1.54) is 12.1 Å². The van der Waals surface area contributed by atoms with Gasteiger partial charge in [0, 0.05) is 10.6 Å². The van der Waals surface area contributed by atoms with Crippen LogP contribution in [0.5, 0.6) is 0 Å². The summed E-state index contributed by atoms with van der Waals surface area (Å²) in [5.74, 6) is 0. The van der Waals surface area contributed by atoms with Crippen LogP contribution in [0.3, 0.4) is 0 Å². The maximum atomic E-state index is 12.4. The van der Waals surface area contributed by atoms with Crippen molar-refractivity contribution in [1.82, 2.24) is 0 Å². The van der Waals surface area contributed by atoms with Crippen LogP contribution in [0.15, 0.2) is 42.5 Å². The van der Waals surface area contributed by atoms with E-state index in [0.29, 0.717) is 10.6 Å². The third-order valence-corrected chi connectivity index (χ3v) is 2.96. The summed E-state index contributed by atoms with van der Waals surface area (Å²) >= 11 is 6.07. The molecule has 0 N–H and O–H groups in total. The Labute approximate surface area is 108 Å². The molecule has 0 bridgehead atoms. The molecule has 0 saturated carbocycles. The van der Waals surface area contributed by atoms with Gasteiger partial charge in [0.1, 0.15) is 0 Å². The maximum absolute atomic E-state index is 12.4. The summed E-state index contributed by atoms with van der Waals surface area (Å²) in [5.41, 5.74) is 1.76. The van der Waals surface area contributed by atoms with Crippen LogP contribution in [0.1, 0.15) is 11.1 Å². The highest BCUT2D eigenvalue weighted by Crippen LogP contribution is 2.33. The fraction of sp³-hybridized carbons (Fsp3) is 0.143. The Kier molecular flexibility index (Phi) is 3.35. The van der Waals surface area contributed by atoms with Crippen molar-refractivity contribution in [2.75, 3.05) is 0 Å². The summed E-state index contributed by atoms with van der Waals surface area (Å²) in [6.45, 7) is 1.91. The topological polar surface area (TPSA) is 0 Å². The van der Waals surface area contributed by atoms with Crippen LogP contribution in [0.2, 0.25) is 5.02 Å². The van der Waals surface area contributed by atoms with Gasteiger partial charge in [0.25, 0.3) is 0 Å². The van der Waals surface area contributed by atoms with Crippen LogP contribution in [-0.2, 0) is 6.18 Å². The van der Waals surface area contributed by atoms with Gasteiger partial charge in [-0.05, 0) is 36.2 Å². The highest BCUT2D eigenvalue weighted by molar-refractivity contribution is 6.33. The summed E-state index contributed by atoms with van der Waals surface area (Å²) in [7, 11) is 0. The van der Waals surface area contributed by atoms with Crippen molar-refractivity contribution in [3.05, 3.63) is 58.6 Å². The lowest BCUT2D eigenvalue weighted by molar-refractivity contribution is -0.137. The number of aryl methyl sites for hydroxylation is 1. The first-order valence-electron chi connectivity index (χ1n) is 5.32. The molecule has 0 aliphatic rings. The lowest BCUT2D eigenvalue weighted by Gasteiger charge is -2.09. The van der Waals surface area contributed by atoms with E-state index in [1.807, 2.05) is 13.0 Å². The molecule has 0 heterocycles. The second-order valence-corrected chi connectivity index (χ2v) is 4.47. The molecule has 2 aromatic rings. The van der Waals surface area contributed by atoms with Gasteiger partial charge < -0.3 is 0 Å². The second-order valence-electron chi connectivity index (χ2n) is 4.06. The van der Waals surface area contributed by atoms with Crippen molar-refractivity contribution in [2.24, 2.45) is 0 Å². The highest BCUT2D eigenvalue weighted by atomic mass is 35.5. The van der Waals surface area contributed by atoms with E-state index < -0.39 is 11.7 Å². The molecule has 0 amide bonds.